The van der Waals surface area contributed by atoms with Gasteiger partial charge in [0.25, 0.3) is 0 Å². The molecule has 0 bridgehead atoms. The molecule has 1 rings (SSSR count). The molecular formula is C49H73B8N4O13PS. The first-order chi connectivity index (χ1) is 35.3. The van der Waals surface area contributed by atoms with Crippen molar-refractivity contribution in [1.82, 2.24) is 21.3 Å². The average Bonchev–Trinajstić information content (AvgIpc) is 3.31. The van der Waals surface area contributed by atoms with E-state index in [2.05, 4.69) is 21.3 Å². The first-order valence-electron chi connectivity index (χ1n) is 25.3. The van der Waals surface area contributed by atoms with Gasteiger partial charge in [0.15, 0.2) is 11.6 Å². The topological polar surface area (TPSA) is 254 Å². The molecule has 5 atom stereocenters. The van der Waals surface area contributed by atoms with E-state index in [0.717, 1.165) is 5.56 Å². The second-order valence-corrected chi connectivity index (χ2v) is 26.4. The average molecular weight is 1080 g/mol. The van der Waals surface area contributed by atoms with Crippen LogP contribution in [0.15, 0.2) is 30.3 Å². The Bertz CT molecular complexity index is 2310. The molecule has 0 aliphatic heterocycles. The Morgan fingerprint density at radius 2 is 1.22 bits per heavy atom. The third kappa shape index (κ3) is 30.0. The zero-order chi connectivity index (χ0) is 58.0. The van der Waals surface area contributed by atoms with Crippen LogP contribution in [0, 0.1) is 23.7 Å². The number of ketones is 6. The predicted molar refractivity (Wildman–Crippen MR) is 306 cm³/mol. The molecule has 5 unspecified atom stereocenters. The number of nitrogens with one attached hydrogen (secondary N) is 4. The molecule has 0 aromatic heterocycles. The number of benzene rings is 1. The second-order valence-electron chi connectivity index (χ2n) is 21.4. The molecule has 402 valence electrons. The van der Waals surface area contributed by atoms with Crippen molar-refractivity contribution in [3.05, 3.63) is 35.9 Å². The van der Waals surface area contributed by atoms with E-state index < -0.39 is 130 Å². The van der Waals surface area contributed by atoms with Crippen LogP contribution < -0.4 is 21.3 Å². The van der Waals surface area contributed by atoms with Gasteiger partial charge in [-0.1, -0.05) is 44.2 Å². The van der Waals surface area contributed by atoms with E-state index >= 15 is 0 Å². The molecule has 0 fully saturated rings. The standard InChI is InChI=1S/C49H73B8N4O13PS/c1-31(2)21-35(25-41(66)34(22-32-13-11-10-12-14-32)24-39(65)28-60-47(72)74-49(6,7)8)45(70)59-27-38(64)23-33(46(71)73-48(3,4)5)15-19-43(68)58-26-36(62)17-20-44(69)61-40(18-16-37(63)29-75(9)54)42(67)30-76(55-50,56-51)57(52)53/h10-14,31,33-35,40H,15-30H2,1-9H3,(H,58,68)(H,59,70)(H,60,72)(H,61,69). The molecule has 1 aromatic carbocycles. The molecule has 0 heterocycles. The van der Waals surface area contributed by atoms with Gasteiger partial charge < -0.3 is 20.1 Å². The number of hydrogen-bond donors (Lipinski definition) is 4. The van der Waals surface area contributed by atoms with Gasteiger partial charge in [0.05, 0.1) is 19.0 Å². The summed E-state index contributed by atoms with van der Waals surface area (Å²) in [6.45, 7) is 14.1. The van der Waals surface area contributed by atoms with Crippen LogP contribution in [-0.2, 0) is 63.8 Å². The zero-order valence-electron chi connectivity index (χ0n) is 45.9. The van der Waals surface area contributed by atoms with E-state index in [1.807, 2.05) is 32.0 Å². The van der Waals surface area contributed by atoms with Crippen LogP contribution in [0.3, 0.4) is 0 Å². The summed E-state index contributed by atoms with van der Waals surface area (Å²) in [5.74, 6) is -9.45. The molecule has 4 amide bonds. The van der Waals surface area contributed by atoms with Crippen molar-refractivity contribution >= 4 is 137 Å². The van der Waals surface area contributed by atoms with Gasteiger partial charge >= 0.3 is 201 Å². The zero-order valence-corrected chi connectivity index (χ0v) is 47.6. The van der Waals surface area contributed by atoms with Crippen molar-refractivity contribution in [2.45, 2.75) is 143 Å². The van der Waals surface area contributed by atoms with Gasteiger partial charge in [0, 0.05) is 37.5 Å². The number of amides is 4. The Morgan fingerprint density at radius 1 is 0.658 bits per heavy atom. The molecule has 1 aromatic rings. The van der Waals surface area contributed by atoms with Crippen LogP contribution in [0.5, 0.6) is 0 Å². The molecule has 17 nitrogen and oxygen atoms in total. The van der Waals surface area contributed by atoms with Gasteiger partial charge in [0.1, 0.15) is 17.0 Å². The van der Waals surface area contributed by atoms with Crippen LogP contribution in [0.25, 0.3) is 0 Å². The number of rotatable bonds is 35. The van der Waals surface area contributed by atoms with Crippen molar-refractivity contribution in [1.29, 1.82) is 0 Å². The van der Waals surface area contributed by atoms with Crippen molar-refractivity contribution in [2.75, 3.05) is 38.2 Å². The summed E-state index contributed by atoms with van der Waals surface area (Å²) < 4.78 is 10.8. The Morgan fingerprint density at radius 3 is 1.76 bits per heavy atom. The van der Waals surface area contributed by atoms with Crippen LogP contribution in [-0.4, -0.2) is 176 Å². The van der Waals surface area contributed by atoms with E-state index in [4.69, 9.17) is 48.0 Å². The molecule has 10 radical (unpaired) electrons. The minimum absolute atomic E-state index is 0.0408. The quantitative estimate of drug-likeness (QED) is 0.0434. The molecule has 0 saturated heterocycles. The van der Waals surface area contributed by atoms with E-state index in [-0.39, 0.29) is 100 Å². The van der Waals surface area contributed by atoms with E-state index in [1.54, 1.807) is 60.3 Å². The van der Waals surface area contributed by atoms with Crippen molar-refractivity contribution < 1.29 is 62.2 Å². The number of carbonyl (C=O) groups is 11. The van der Waals surface area contributed by atoms with Gasteiger partial charge in [0.2, 0.25) is 5.91 Å². The number of hydrogen-bond acceptors (Lipinski definition) is 13. The number of carbonyl (C=O) groups excluding carboxylic acids is 11. The summed E-state index contributed by atoms with van der Waals surface area (Å²) in [5.41, 5.74) is -0.941. The fraction of sp³-hybridized carbons (Fsp3) is 0.653. The van der Waals surface area contributed by atoms with Gasteiger partial charge in [-0.3, -0.25) is 28.8 Å². The Balaban J connectivity index is 3.00. The SMILES string of the molecule is [B]B=S(=B[B])(CC(=O)C(CCC(=O)CP([B])C)NC(=O)CCC(=O)CNC(=O)CCC(CC(=O)CNC(=O)C(CC(=O)C(CC(=O)CNC(=O)OC(C)(C)C)Cc1ccccc1)CC(C)C)C(=O)OC(C)(C)C)B([B])[B]. The fourth-order valence-corrected chi connectivity index (χ4v) is 9.85. The third-order valence-electron chi connectivity index (χ3n) is 11.4. The first-order valence-corrected chi connectivity index (χ1v) is 29.4. The normalized spacial score (nSPS) is 13.4. The van der Waals surface area contributed by atoms with Gasteiger partial charge in [-0.15, -0.1) is 0 Å². The predicted octanol–water partition coefficient (Wildman–Crippen LogP) is 2.36. The Labute approximate surface area is 459 Å². The molecule has 76 heavy (non-hydrogen) atoms. The first kappa shape index (κ1) is 69.7. The third-order valence-corrected chi connectivity index (χ3v) is 15.1. The number of esters is 1. The van der Waals surface area contributed by atoms with E-state index in [0.29, 0.717) is 0 Å². The maximum atomic E-state index is 14.0. The molecule has 0 saturated carbocycles. The van der Waals surface area contributed by atoms with Crippen LogP contribution in [0.1, 0.15) is 125 Å². The Hall–Kier alpha value is -4.31. The van der Waals surface area contributed by atoms with E-state index in [9.17, 15) is 52.7 Å². The number of ether oxygens (including phenoxy) is 2. The van der Waals surface area contributed by atoms with Gasteiger partial charge in [-0.05, 0) is 72.3 Å². The maximum absolute atomic E-state index is 14.0. The summed E-state index contributed by atoms with van der Waals surface area (Å²) >= 11 is 0. The van der Waals surface area contributed by atoms with Crippen molar-refractivity contribution in [3.8, 4) is 0 Å². The van der Waals surface area contributed by atoms with Crippen LogP contribution in [0.4, 0.5) is 4.79 Å². The fourth-order valence-electron chi connectivity index (χ4n) is 7.60. The van der Waals surface area contributed by atoms with E-state index in [1.165, 1.54) is 12.1 Å². The summed E-state index contributed by atoms with van der Waals surface area (Å²) in [7, 11) is 25.6. The molecule has 0 spiro atoms. The minimum atomic E-state index is -2.45. The summed E-state index contributed by atoms with van der Waals surface area (Å²) in [5, 5.41) is 10.1. The number of alkyl carbamates (subject to hydrolysis) is 1. The molecule has 0 aliphatic rings. The summed E-state index contributed by atoms with van der Waals surface area (Å²) in [4.78, 5) is 144. The summed E-state index contributed by atoms with van der Waals surface area (Å²) in [6.07, 6.45) is -2.31. The molecule has 4 N–H and O–H groups in total. The van der Waals surface area contributed by atoms with Gasteiger partial charge in [-0.2, -0.15) is 0 Å². The second kappa shape index (κ2) is 34.5. The van der Waals surface area contributed by atoms with Crippen molar-refractivity contribution in [2.24, 2.45) is 23.7 Å². The molecular weight excluding hydrogens is 1000 g/mol. The van der Waals surface area contributed by atoms with Crippen molar-refractivity contribution in [3.63, 3.8) is 0 Å². The van der Waals surface area contributed by atoms with Gasteiger partial charge in [-0.25, -0.2) is 4.79 Å². The Kier molecular flexibility index (Phi) is 31.7. The molecule has 27 heteroatoms. The monoisotopic (exact) mass is 1080 g/mol. The van der Waals surface area contributed by atoms with Crippen LogP contribution >= 0.6 is 16.5 Å². The summed E-state index contributed by atoms with van der Waals surface area (Å²) in [6, 6.07) is 10.2. The van der Waals surface area contributed by atoms with Crippen LogP contribution in [0.2, 0.25) is 0 Å². The molecule has 0 aliphatic carbocycles. The number of Topliss-reactive ketones (excluding diaryl/α,β-unsaturated/α-hetero) is 6.